The van der Waals surface area contributed by atoms with Gasteiger partial charge in [-0.3, -0.25) is 9.78 Å². The molecule has 7 heteroatoms. The van der Waals surface area contributed by atoms with Crippen LogP contribution in [0.3, 0.4) is 0 Å². The largest absolute Gasteiger partial charge is 0.488 e. The molecule has 3 aromatic rings. The van der Waals surface area contributed by atoms with Crippen LogP contribution in [0.4, 0.5) is 13.2 Å². The summed E-state index contributed by atoms with van der Waals surface area (Å²) in [6.45, 7) is 0.126. The molecule has 0 spiro atoms. The van der Waals surface area contributed by atoms with Gasteiger partial charge in [0, 0.05) is 35.6 Å². The number of aromatic nitrogens is 1. The summed E-state index contributed by atoms with van der Waals surface area (Å²) in [5, 5.41) is 2.55. The summed E-state index contributed by atoms with van der Waals surface area (Å²) in [4.78, 5) is 16.5. The van der Waals surface area contributed by atoms with Crippen LogP contribution >= 0.6 is 0 Å². The molecule has 4 nitrogen and oxygen atoms in total. The summed E-state index contributed by atoms with van der Waals surface area (Å²) in [6, 6.07) is 12.1. The molecule has 0 bridgehead atoms. The van der Waals surface area contributed by atoms with Gasteiger partial charge in [0.2, 0.25) is 0 Å². The minimum absolute atomic E-state index is 0.0130. The van der Waals surface area contributed by atoms with Gasteiger partial charge in [-0.1, -0.05) is 18.2 Å². The Hall–Kier alpha value is -3.35. The van der Waals surface area contributed by atoms with Crippen molar-refractivity contribution in [1.29, 1.82) is 0 Å². The molecule has 0 unspecified atom stereocenters. The Bertz CT molecular complexity index is 1050. The molecule has 1 amide bonds. The zero-order valence-electron chi connectivity index (χ0n) is 14.6. The lowest BCUT2D eigenvalue weighted by atomic mass is 9.97. The Labute approximate surface area is 159 Å². The average molecular weight is 384 g/mol. The van der Waals surface area contributed by atoms with Crippen LogP contribution in [0.1, 0.15) is 27.0 Å². The van der Waals surface area contributed by atoms with Crippen molar-refractivity contribution in [2.45, 2.75) is 19.3 Å². The average Bonchev–Trinajstić information content (AvgIpc) is 2.71. The third kappa shape index (κ3) is 3.43. The van der Waals surface area contributed by atoms with Gasteiger partial charge < -0.3 is 10.1 Å². The van der Waals surface area contributed by atoms with E-state index in [2.05, 4.69) is 10.3 Å². The molecular formula is C21H15F3N2O2. The number of ether oxygens (including phenoxy) is 1. The quantitative estimate of drug-likeness (QED) is 0.719. The number of halogens is 3. The smallest absolute Gasteiger partial charge is 0.416 e. The highest BCUT2D eigenvalue weighted by Gasteiger charge is 2.32. The van der Waals surface area contributed by atoms with Gasteiger partial charge >= 0.3 is 6.18 Å². The minimum Gasteiger partial charge on any atom is -0.488 e. The van der Waals surface area contributed by atoms with Crippen LogP contribution in [0, 0.1) is 0 Å². The number of pyridine rings is 1. The molecule has 0 radical (unpaired) electrons. The summed E-state index contributed by atoms with van der Waals surface area (Å²) in [5.74, 6) is 0.0888. The molecule has 0 saturated carbocycles. The van der Waals surface area contributed by atoms with Gasteiger partial charge in [0.15, 0.2) is 0 Å². The molecule has 2 aromatic carbocycles. The predicted molar refractivity (Wildman–Crippen MR) is 96.6 cm³/mol. The molecule has 2 heterocycles. The number of benzene rings is 2. The van der Waals surface area contributed by atoms with E-state index in [-0.39, 0.29) is 12.1 Å². The van der Waals surface area contributed by atoms with Crippen molar-refractivity contribution in [2.24, 2.45) is 0 Å². The van der Waals surface area contributed by atoms with E-state index in [9.17, 15) is 18.0 Å². The Kier molecular flexibility index (Phi) is 4.50. The first-order chi connectivity index (χ1) is 13.4. The molecule has 0 aliphatic carbocycles. The highest BCUT2D eigenvalue weighted by Crippen LogP contribution is 2.37. The summed E-state index contributed by atoms with van der Waals surface area (Å²) in [5.41, 5.74) is 2.37. The van der Waals surface area contributed by atoms with Gasteiger partial charge in [0.25, 0.3) is 5.91 Å². The second-order valence-electron chi connectivity index (χ2n) is 6.37. The number of nitrogens with one attached hydrogen (secondary N) is 1. The summed E-state index contributed by atoms with van der Waals surface area (Å²) in [6.07, 6.45) is -1.05. The molecular weight excluding hydrogens is 369 g/mol. The Morgan fingerprint density at radius 3 is 2.75 bits per heavy atom. The lowest BCUT2D eigenvalue weighted by Gasteiger charge is -2.21. The number of amides is 1. The fourth-order valence-corrected chi connectivity index (χ4v) is 3.19. The van der Waals surface area contributed by atoms with Gasteiger partial charge in [0.05, 0.1) is 5.56 Å². The van der Waals surface area contributed by atoms with E-state index < -0.39 is 17.6 Å². The van der Waals surface area contributed by atoms with E-state index in [1.165, 1.54) is 18.2 Å². The molecule has 4 rings (SSSR count). The van der Waals surface area contributed by atoms with Gasteiger partial charge in [0.1, 0.15) is 12.4 Å². The maximum Gasteiger partial charge on any atom is 0.416 e. The summed E-state index contributed by atoms with van der Waals surface area (Å²) < 4.78 is 44.9. The van der Waals surface area contributed by atoms with Crippen LogP contribution in [0.5, 0.6) is 5.75 Å². The van der Waals surface area contributed by atoms with Crippen LogP contribution in [-0.2, 0) is 19.3 Å². The minimum atomic E-state index is -4.47. The lowest BCUT2D eigenvalue weighted by Crippen LogP contribution is -2.24. The molecule has 1 aromatic heterocycles. The molecule has 0 fully saturated rings. The van der Waals surface area contributed by atoms with Crippen molar-refractivity contribution in [3.05, 3.63) is 83.2 Å². The van der Waals surface area contributed by atoms with Gasteiger partial charge in [-0.15, -0.1) is 0 Å². The SMILES string of the molecule is O=C(NCc1ccccc1C(F)(F)F)c1ccc2c(c1)OCc1cnccc1-2. The Balaban J connectivity index is 1.53. The number of carbonyl (C=O) groups is 1. The number of alkyl halides is 3. The van der Waals surface area contributed by atoms with Crippen LogP contribution in [0.25, 0.3) is 11.1 Å². The summed E-state index contributed by atoms with van der Waals surface area (Å²) >= 11 is 0. The fourth-order valence-electron chi connectivity index (χ4n) is 3.19. The van der Waals surface area contributed by atoms with Gasteiger partial charge in [-0.25, -0.2) is 0 Å². The molecule has 142 valence electrons. The van der Waals surface area contributed by atoms with E-state index in [0.717, 1.165) is 22.8 Å². The Morgan fingerprint density at radius 2 is 1.93 bits per heavy atom. The monoisotopic (exact) mass is 384 g/mol. The van der Waals surface area contributed by atoms with Gasteiger partial charge in [-0.05, 0) is 41.5 Å². The number of hydrogen-bond acceptors (Lipinski definition) is 3. The highest BCUT2D eigenvalue weighted by atomic mass is 19.4. The number of fused-ring (bicyclic) bond motifs is 3. The van der Waals surface area contributed by atoms with Crippen LogP contribution < -0.4 is 10.1 Å². The lowest BCUT2D eigenvalue weighted by molar-refractivity contribution is -0.138. The van der Waals surface area contributed by atoms with Crippen LogP contribution in [-0.4, -0.2) is 10.9 Å². The van der Waals surface area contributed by atoms with Crippen molar-refractivity contribution < 1.29 is 22.7 Å². The predicted octanol–water partition coefficient (Wildman–Crippen LogP) is 4.59. The zero-order chi connectivity index (χ0) is 19.7. The second kappa shape index (κ2) is 6.99. The van der Waals surface area contributed by atoms with Crippen LogP contribution in [0.15, 0.2) is 60.9 Å². The van der Waals surface area contributed by atoms with E-state index >= 15 is 0 Å². The Morgan fingerprint density at radius 1 is 1.11 bits per heavy atom. The van der Waals surface area contributed by atoms with Crippen molar-refractivity contribution in [3.8, 4) is 16.9 Å². The van der Waals surface area contributed by atoms with E-state index in [0.29, 0.717) is 17.9 Å². The third-order valence-electron chi connectivity index (χ3n) is 4.58. The maximum atomic E-state index is 13.1. The maximum absolute atomic E-state index is 13.1. The molecule has 1 N–H and O–H groups in total. The fraction of sp³-hybridized carbons (Fsp3) is 0.143. The van der Waals surface area contributed by atoms with Crippen molar-refractivity contribution in [1.82, 2.24) is 10.3 Å². The molecule has 1 aliphatic rings. The highest BCUT2D eigenvalue weighted by molar-refractivity contribution is 5.95. The number of nitrogens with zero attached hydrogens (tertiary/aromatic N) is 1. The normalized spacial score (nSPS) is 12.5. The molecule has 0 saturated heterocycles. The number of hydrogen-bond donors (Lipinski definition) is 1. The molecule has 0 atom stereocenters. The zero-order valence-corrected chi connectivity index (χ0v) is 14.6. The van der Waals surface area contributed by atoms with Crippen molar-refractivity contribution >= 4 is 5.91 Å². The standard InChI is InChI=1S/C21H15F3N2O2/c22-21(23,24)18-4-2-1-3-14(18)11-26-20(27)13-5-6-17-16-7-8-25-10-15(16)12-28-19(17)9-13/h1-10H,11-12H2,(H,26,27). The van der Waals surface area contributed by atoms with Gasteiger partial charge in [-0.2, -0.15) is 13.2 Å². The number of carbonyl (C=O) groups excluding carboxylic acids is 1. The third-order valence-corrected chi connectivity index (χ3v) is 4.58. The summed E-state index contributed by atoms with van der Waals surface area (Å²) in [7, 11) is 0. The number of rotatable bonds is 3. The van der Waals surface area contributed by atoms with Crippen molar-refractivity contribution in [2.75, 3.05) is 0 Å². The molecule has 1 aliphatic heterocycles. The van der Waals surface area contributed by atoms with E-state index in [4.69, 9.17) is 4.74 Å². The van der Waals surface area contributed by atoms with Crippen LogP contribution in [0.2, 0.25) is 0 Å². The topological polar surface area (TPSA) is 51.2 Å². The first kappa shape index (κ1) is 18.0. The first-order valence-corrected chi connectivity index (χ1v) is 8.57. The van der Waals surface area contributed by atoms with E-state index in [1.54, 1.807) is 30.6 Å². The molecule has 28 heavy (non-hydrogen) atoms. The second-order valence-corrected chi connectivity index (χ2v) is 6.37. The first-order valence-electron chi connectivity index (χ1n) is 8.57. The van der Waals surface area contributed by atoms with Crippen molar-refractivity contribution in [3.63, 3.8) is 0 Å². The van der Waals surface area contributed by atoms with E-state index in [1.807, 2.05) is 6.07 Å².